The minimum absolute atomic E-state index is 0.0157. The van der Waals surface area contributed by atoms with Gasteiger partial charge in [0, 0.05) is 11.5 Å². The maximum atomic E-state index is 12.2. The number of ether oxygens (including phenoxy) is 1. The number of hydrogen-bond donors (Lipinski definition) is 1. The molecule has 0 unspecified atom stereocenters. The van der Waals surface area contributed by atoms with E-state index in [9.17, 15) is 4.79 Å². The molecule has 0 radical (unpaired) electrons. The maximum absolute atomic E-state index is 12.2. The Hall–Kier alpha value is -1.51. The number of rotatable bonds is 5. The normalized spacial score (nSPS) is 17.2. The topological polar surface area (TPSA) is 38.3 Å². The Morgan fingerprint density at radius 2 is 1.85 bits per heavy atom. The first-order valence-corrected chi connectivity index (χ1v) is 7.64. The van der Waals surface area contributed by atoms with Gasteiger partial charge in [-0.3, -0.25) is 4.79 Å². The number of carbonyl (C=O) groups excluding carboxylic acids is 1. The molecule has 2 rings (SSSR count). The lowest BCUT2D eigenvalue weighted by Gasteiger charge is -2.21. The van der Waals surface area contributed by atoms with Crippen LogP contribution in [-0.4, -0.2) is 12.0 Å². The zero-order valence-corrected chi connectivity index (χ0v) is 12.7. The van der Waals surface area contributed by atoms with Crippen LogP contribution < -0.4 is 10.1 Å². The third-order valence-electron chi connectivity index (χ3n) is 3.83. The van der Waals surface area contributed by atoms with Gasteiger partial charge in [-0.1, -0.05) is 31.0 Å². The maximum Gasteiger partial charge on any atom is 0.223 e. The lowest BCUT2D eigenvalue weighted by molar-refractivity contribution is -0.125. The van der Waals surface area contributed by atoms with Crippen LogP contribution in [0.1, 0.15) is 58.1 Å². The highest BCUT2D eigenvalue weighted by molar-refractivity contribution is 5.79. The Bertz CT molecular complexity index is 450. The molecule has 1 aliphatic carbocycles. The summed E-state index contributed by atoms with van der Waals surface area (Å²) in [6.45, 7) is 6.05. The third-order valence-corrected chi connectivity index (χ3v) is 3.83. The Morgan fingerprint density at radius 3 is 2.50 bits per heavy atom. The molecule has 110 valence electrons. The highest BCUT2D eigenvalue weighted by atomic mass is 16.5. The van der Waals surface area contributed by atoms with Crippen LogP contribution in [0.15, 0.2) is 24.3 Å². The van der Waals surface area contributed by atoms with Crippen molar-refractivity contribution < 1.29 is 9.53 Å². The van der Waals surface area contributed by atoms with Crippen LogP contribution in [-0.2, 0) is 4.79 Å². The zero-order valence-electron chi connectivity index (χ0n) is 12.7. The molecule has 1 atom stereocenters. The Morgan fingerprint density at radius 1 is 1.20 bits per heavy atom. The summed E-state index contributed by atoms with van der Waals surface area (Å²) in [6.07, 6.45) is 4.55. The molecule has 3 nitrogen and oxygen atoms in total. The molecule has 3 heteroatoms. The molecule has 1 N–H and O–H groups in total. The molecular formula is C17H25NO2. The van der Waals surface area contributed by atoms with Crippen molar-refractivity contribution >= 4 is 5.91 Å². The Labute approximate surface area is 121 Å². The Balaban J connectivity index is 2.04. The van der Waals surface area contributed by atoms with Crippen molar-refractivity contribution in [2.75, 3.05) is 0 Å². The lowest BCUT2D eigenvalue weighted by atomic mass is 10.0. The van der Waals surface area contributed by atoms with Crippen LogP contribution in [0.5, 0.6) is 5.75 Å². The van der Waals surface area contributed by atoms with Crippen LogP contribution in [0.3, 0.4) is 0 Å². The van der Waals surface area contributed by atoms with Crippen LogP contribution in [0, 0.1) is 5.92 Å². The van der Waals surface area contributed by atoms with E-state index in [0.717, 1.165) is 24.2 Å². The second kappa shape index (κ2) is 6.78. The van der Waals surface area contributed by atoms with Crippen molar-refractivity contribution in [1.29, 1.82) is 0 Å². The summed E-state index contributed by atoms with van der Waals surface area (Å²) in [6, 6.07) is 7.93. The molecule has 1 aromatic carbocycles. The van der Waals surface area contributed by atoms with Crippen molar-refractivity contribution in [3.8, 4) is 5.75 Å². The fourth-order valence-corrected chi connectivity index (χ4v) is 2.80. The van der Waals surface area contributed by atoms with E-state index < -0.39 is 0 Å². The van der Waals surface area contributed by atoms with Gasteiger partial charge in [-0.2, -0.15) is 0 Å². The summed E-state index contributed by atoms with van der Waals surface area (Å²) in [5.74, 6) is 1.26. The van der Waals surface area contributed by atoms with E-state index in [0.29, 0.717) is 0 Å². The fourth-order valence-electron chi connectivity index (χ4n) is 2.80. The molecule has 0 spiro atoms. The van der Waals surface area contributed by atoms with E-state index in [1.54, 1.807) is 0 Å². The second-order valence-corrected chi connectivity index (χ2v) is 5.92. The van der Waals surface area contributed by atoms with Gasteiger partial charge in [0.25, 0.3) is 0 Å². The predicted octanol–water partition coefficient (Wildman–Crippen LogP) is 3.84. The quantitative estimate of drug-likeness (QED) is 0.886. The van der Waals surface area contributed by atoms with Gasteiger partial charge in [0.1, 0.15) is 5.75 Å². The summed E-state index contributed by atoms with van der Waals surface area (Å²) in [7, 11) is 0. The summed E-state index contributed by atoms with van der Waals surface area (Å²) >= 11 is 0. The average molecular weight is 275 g/mol. The smallest absolute Gasteiger partial charge is 0.223 e. The molecule has 0 heterocycles. The number of nitrogens with one attached hydrogen (secondary N) is 1. The largest absolute Gasteiger partial charge is 0.491 e. The molecule has 0 aromatic heterocycles. The predicted molar refractivity (Wildman–Crippen MR) is 80.7 cm³/mol. The minimum Gasteiger partial charge on any atom is -0.491 e. The van der Waals surface area contributed by atoms with Crippen molar-refractivity contribution in [2.24, 2.45) is 5.92 Å². The first kappa shape index (κ1) is 14.9. The highest BCUT2D eigenvalue weighted by Gasteiger charge is 2.24. The van der Waals surface area contributed by atoms with E-state index in [1.165, 1.54) is 12.8 Å². The summed E-state index contributed by atoms with van der Waals surface area (Å²) < 4.78 is 5.82. The van der Waals surface area contributed by atoms with Crippen LogP contribution in [0.4, 0.5) is 0 Å². The SMILES string of the molecule is CC(C)Oc1ccccc1[C@@H](C)NC(=O)C1CCCC1. The molecule has 0 bridgehead atoms. The molecule has 0 aliphatic heterocycles. The lowest BCUT2D eigenvalue weighted by Crippen LogP contribution is -2.31. The highest BCUT2D eigenvalue weighted by Crippen LogP contribution is 2.28. The van der Waals surface area contributed by atoms with Crippen molar-refractivity contribution in [3.63, 3.8) is 0 Å². The van der Waals surface area contributed by atoms with Gasteiger partial charge < -0.3 is 10.1 Å². The van der Waals surface area contributed by atoms with E-state index in [2.05, 4.69) is 5.32 Å². The Kier molecular flexibility index (Phi) is 5.05. The van der Waals surface area contributed by atoms with Crippen LogP contribution >= 0.6 is 0 Å². The minimum atomic E-state index is -0.0157. The number of benzene rings is 1. The number of amides is 1. The molecule has 0 saturated heterocycles. The summed E-state index contributed by atoms with van der Waals surface area (Å²) in [4.78, 5) is 12.2. The second-order valence-electron chi connectivity index (χ2n) is 5.92. The van der Waals surface area contributed by atoms with Gasteiger partial charge in [0.2, 0.25) is 5.91 Å². The fraction of sp³-hybridized carbons (Fsp3) is 0.588. The van der Waals surface area contributed by atoms with Crippen molar-refractivity contribution in [2.45, 2.75) is 58.6 Å². The van der Waals surface area contributed by atoms with Gasteiger partial charge >= 0.3 is 0 Å². The van der Waals surface area contributed by atoms with Gasteiger partial charge in [-0.05, 0) is 39.7 Å². The zero-order chi connectivity index (χ0) is 14.5. The molecule has 20 heavy (non-hydrogen) atoms. The molecule has 1 aromatic rings. The number of hydrogen-bond acceptors (Lipinski definition) is 2. The van der Waals surface area contributed by atoms with Crippen LogP contribution in [0.25, 0.3) is 0 Å². The van der Waals surface area contributed by atoms with Crippen molar-refractivity contribution in [3.05, 3.63) is 29.8 Å². The monoisotopic (exact) mass is 275 g/mol. The molecule has 1 fully saturated rings. The first-order valence-electron chi connectivity index (χ1n) is 7.64. The summed E-state index contributed by atoms with van der Waals surface area (Å²) in [5, 5.41) is 3.13. The molecule has 1 aliphatic rings. The standard InChI is InChI=1S/C17H25NO2/c1-12(2)20-16-11-7-6-10-15(16)13(3)18-17(19)14-8-4-5-9-14/h6-7,10-14H,4-5,8-9H2,1-3H3,(H,18,19)/t13-/m1/s1. The molecule has 1 saturated carbocycles. The van der Waals surface area contributed by atoms with Gasteiger partial charge in [-0.25, -0.2) is 0 Å². The number of carbonyl (C=O) groups is 1. The van der Waals surface area contributed by atoms with Gasteiger partial charge in [0.05, 0.1) is 12.1 Å². The summed E-state index contributed by atoms with van der Waals surface area (Å²) in [5.41, 5.74) is 1.05. The van der Waals surface area contributed by atoms with E-state index in [4.69, 9.17) is 4.74 Å². The van der Waals surface area contributed by atoms with E-state index >= 15 is 0 Å². The third kappa shape index (κ3) is 3.75. The average Bonchev–Trinajstić information content (AvgIpc) is 2.92. The molecular weight excluding hydrogens is 250 g/mol. The van der Waals surface area contributed by atoms with E-state index in [1.807, 2.05) is 45.0 Å². The number of para-hydroxylation sites is 1. The van der Waals surface area contributed by atoms with Gasteiger partial charge in [0.15, 0.2) is 0 Å². The molecule has 1 amide bonds. The van der Waals surface area contributed by atoms with Crippen LogP contribution in [0.2, 0.25) is 0 Å². The van der Waals surface area contributed by atoms with Gasteiger partial charge in [-0.15, -0.1) is 0 Å². The van der Waals surface area contributed by atoms with E-state index in [-0.39, 0.29) is 24.0 Å². The first-order chi connectivity index (χ1) is 9.58. The van der Waals surface area contributed by atoms with Crippen molar-refractivity contribution in [1.82, 2.24) is 5.32 Å².